The molecule has 0 aliphatic heterocycles. The summed E-state index contributed by atoms with van der Waals surface area (Å²) in [6, 6.07) is 1.62. The minimum Gasteiger partial charge on any atom is -0.383 e. The summed E-state index contributed by atoms with van der Waals surface area (Å²) in [5.41, 5.74) is 4.47. The number of nitrogens with two attached hydrogens (primary N) is 1. The number of hydrogen-bond donors (Lipinski definition) is 2. The van der Waals surface area contributed by atoms with Gasteiger partial charge in [0.1, 0.15) is 6.04 Å². The van der Waals surface area contributed by atoms with Crippen LogP contribution in [0.4, 0.5) is 0 Å². The van der Waals surface area contributed by atoms with Gasteiger partial charge in [0.15, 0.2) is 0 Å². The first-order valence-electron chi connectivity index (χ1n) is 6.05. The van der Waals surface area contributed by atoms with Crippen molar-refractivity contribution < 1.29 is 4.74 Å². The van der Waals surface area contributed by atoms with Gasteiger partial charge in [0.2, 0.25) is 0 Å². The van der Waals surface area contributed by atoms with Crippen molar-refractivity contribution in [2.75, 3.05) is 13.7 Å². The van der Waals surface area contributed by atoms with E-state index in [4.69, 9.17) is 10.6 Å². The molecule has 0 aromatic carbocycles. The molecule has 114 valence electrons. The molecule has 6 nitrogen and oxygen atoms in total. The third kappa shape index (κ3) is 3.91. The lowest BCUT2D eigenvalue weighted by Crippen LogP contribution is -2.32. The first-order valence-corrected chi connectivity index (χ1v) is 8.43. The van der Waals surface area contributed by atoms with Gasteiger partial charge in [0.05, 0.1) is 35.2 Å². The Balaban J connectivity index is 2.43. The van der Waals surface area contributed by atoms with Crippen molar-refractivity contribution in [1.29, 1.82) is 0 Å². The molecule has 0 saturated heterocycles. The van der Waals surface area contributed by atoms with E-state index in [9.17, 15) is 0 Å². The number of methoxy groups -OCH3 is 1. The highest BCUT2D eigenvalue weighted by atomic mass is 79.9. The normalized spacial score (nSPS) is 12.6. The van der Waals surface area contributed by atoms with Gasteiger partial charge in [-0.05, 0) is 53.9 Å². The van der Waals surface area contributed by atoms with Crippen molar-refractivity contribution in [3.05, 3.63) is 43.3 Å². The third-order valence-corrected chi connectivity index (χ3v) is 4.57. The first kappa shape index (κ1) is 17.0. The molecule has 0 fully saturated rings. The van der Waals surface area contributed by atoms with Crippen LogP contribution in [0.25, 0.3) is 0 Å². The third-order valence-electron chi connectivity index (χ3n) is 2.89. The van der Waals surface area contributed by atoms with Gasteiger partial charge in [-0.3, -0.25) is 15.5 Å². The van der Waals surface area contributed by atoms with Crippen molar-refractivity contribution in [2.24, 2.45) is 5.84 Å². The van der Waals surface area contributed by atoms with Gasteiger partial charge in [0, 0.05) is 22.3 Å². The van der Waals surface area contributed by atoms with Crippen LogP contribution in [0.15, 0.2) is 31.9 Å². The minimum absolute atomic E-state index is 0.304. The van der Waals surface area contributed by atoms with Crippen molar-refractivity contribution in [3.63, 3.8) is 0 Å². The van der Waals surface area contributed by atoms with Crippen molar-refractivity contribution in [1.82, 2.24) is 20.2 Å². The Morgan fingerprint density at radius 1 is 1.33 bits per heavy atom. The summed E-state index contributed by atoms with van der Waals surface area (Å²) in [6.07, 6.45) is 3.47. The number of ether oxygens (including phenoxy) is 1. The molecule has 1 atom stereocenters. The Morgan fingerprint density at radius 2 is 2.10 bits per heavy atom. The van der Waals surface area contributed by atoms with E-state index in [0.717, 1.165) is 24.8 Å². The molecule has 2 heterocycles. The summed E-state index contributed by atoms with van der Waals surface area (Å²) in [7, 11) is 1.66. The Hall–Kier alpha value is -0.320. The predicted molar refractivity (Wildman–Crippen MR) is 90.6 cm³/mol. The predicted octanol–water partition coefficient (Wildman–Crippen LogP) is 2.76. The van der Waals surface area contributed by atoms with Crippen LogP contribution in [-0.4, -0.2) is 28.5 Å². The lowest BCUT2D eigenvalue weighted by molar-refractivity contribution is 0.182. The van der Waals surface area contributed by atoms with Crippen molar-refractivity contribution in [2.45, 2.75) is 12.6 Å². The molecule has 0 aliphatic carbocycles. The van der Waals surface area contributed by atoms with Gasteiger partial charge in [-0.1, -0.05) is 0 Å². The van der Waals surface area contributed by atoms with Crippen LogP contribution in [0, 0.1) is 0 Å². The molecule has 0 bridgehead atoms. The first-order chi connectivity index (χ1) is 10.1. The Kier molecular flexibility index (Phi) is 6.33. The number of pyridine rings is 1. The summed E-state index contributed by atoms with van der Waals surface area (Å²) in [5.74, 6) is 5.75. The number of rotatable bonds is 6. The summed E-state index contributed by atoms with van der Waals surface area (Å²) < 4.78 is 9.55. The van der Waals surface area contributed by atoms with E-state index in [1.807, 2.05) is 10.7 Å². The molecule has 0 amide bonds. The Labute approximate surface area is 147 Å². The monoisotopic (exact) mass is 481 g/mol. The summed E-state index contributed by atoms with van der Waals surface area (Å²) in [4.78, 5) is 4.44. The SMILES string of the molecule is COCCn1ncc(Br)c1C(NN)c1ncc(Br)cc1Br. The van der Waals surface area contributed by atoms with E-state index in [-0.39, 0.29) is 6.04 Å². The van der Waals surface area contributed by atoms with Crippen LogP contribution in [0.2, 0.25) is 0 Å². The molecule has 3 N–H and O–H groups in total. The summed E-state index contributed by atoms with van der Waals surface area (Å²) >= 11 is 10.4. The number of nitrogens with zero attached hydrogens (tertiary/aromatic N) is 3. The molecule has 2 aromatic rings. The zero-order chi connectivity index (χ0) is 15.4. The highest BCUT2D eigenvalue weighted by Crippen LogP contribution is 2.32. The molecule has 0 aliphatic rings. The standard InChI is InChI=1S/C12H14Br3N5O/c1-21-3-2-20-12(9(15)6-18-20)11(19-16)10-8(14)4-7(13)5-17-10/h4-6,11,19H,2-3,16H2,1H3. The van der Waals surface area contributed by atoms with Gasteiger partial charge in [-0.25, -0.2) is 5.43 Å². The highest BCUT2D eigenvalue weighted by Gasteiger charge is 2.24. The largest absolute Gasteiger partial charge is 0.383 e. The molecule has 0 radical (unpaired) electrons. The topological polar surface area (TPSA) is 78.0 Å². The second-order valence-electron chi connectivity index (χ2n) is 4.21. The van der Waals surface area contributed by atoms with Crippen LogP contribution in [0.1, 0.15) is 17.4 Å². The Bertz CT molecular complexity index is 619. The number of aromatic nitrogens is 3. The maximum atomic E-state index is 5.75. The molecule has 2 aromatic heterocycles. The molecular formula is C12H14Br3N5O. The Morgan fingerprint density at radius 3 is 2.71 bits per heavy atom. The van der Waals surface area contributed by atoms with E-state index in [1.165, 1.54) is 0 Å². The van der Waals surface area contributed by atoms with E-state index < -0.39 is 0 Å². The number of halogens is 3. The average molecular weight is 484 g/mol. The average Bonchev–Trinajstić information content (AvgIpc) is 2.81. The molecule has 0 spiro atoms. The van der Waals surface area contributed by atoms with Crippen molar-refractivity contribution in [3.8, 4) is 0 Å². The smallest absolute Gasteiger partial charge is 0.107 e. The van der Waals surface area contributed by atoms with Crippen molar-refractivity contribution >= 4 is 47.8 Å². The lowest BCUT2D eigenvalue weighted by atomic mass is 10.1. The second-order valence-corrected chi connectivity index (χ2v) is 6.84. The van der Waals surface area contributed by atoms with Crippen LogP contribution < -0.4 is 11.3 Å². The molecular weight excluding hydrogens is 470 g/mol. The maximum Gasteiger partial charge on any atom is 0.107 e. The number of hydrazine groups is 1. The maximum absolute atomic E-state index is 5.75. The quantitative estimate of drug-likeness (QED) is 0.488. The van der Waals surface area contributed by atoms with Crippen LogP contribution >= 0.6 is 47.8 Å². The van der Waals surface area contributed by atoms with Crippen LogP contribution in [-0.2, 0) is 11.3 Å². The van der Waals surface area contributed by atoms with Crippen LogP contribution in [0.5, 0.6) is 0 Å². The minimum atomic E-state index is -0.304. The molecule has 21 heavy (non-hydrogen) atoms. The van der Waals surface area contributed by atoms with Gasteiger partial charge in [-0.15, -0.1) is 0 Å². The van der Waals surface area contributed by atoms with E-state index in [0.29, 0.717) is 13.2 Å². The second kappa shape index (κ2) is 7.80. The lowest BCUT2D eigenvalue weighted by Gasteiger charge is -2.19. The van der Waals surface area contributed by atoms with Gasteiger partial charge in [-0.2, -0.15) is 5.10 Å². The summed E-state index contributed by atoms with van der Waals surface area (Å²) in [6.45, 7) is 1.19. The molecule has 2 rings (SSSR count). The number of nitrogens with one attached hydrogen (secondary N) is 1. The van der Waals surface area contributed by atoms with Gasteiger partial charge < -0.3 is 4.74 Å². The zero-order valence-electron chi connectivity index (χ0n) is 11.2. The van der Waals surface area contributed by atoms with E-state index >= 15 is 0 Å². The number of hydrogen-bond acceptors (Lipinski definition) is 5. The fraction of sp³-hybridized carbons (Fsp3) is 0.333. The molecule has 1 unspecified atom stereocenters. The molecule has 9 heteroatoms. The zero-order valence-corrected chi connectivity index (χ0v) is 15.9. The van der Waals surface area contributed by atoms with E-state index in [2.05, 4.69) is 63.3 Å². The molecule has 0 saturated carbocycles. The van der Waals surface area contributed by atoms with E-state index in [1.54, 1.807) is 19.5 Å². The fourth-order valence-corrected chi connectivity index (χ4v) is 3.68. The van der Waals surface area contributed by atoms with Gasteiger partial charge >= 0.3 is 0 Å². The van der Waals surface area contributed by atoms with Crippen LogP contribution in [0.3, 0.4) is 0 Å². The highest BCUT2D eigenvalue weighted by molar-refractivity contribution is 9.11. The summed E-state index contributed by atoms with van der Waals surface area (Å²) in [5, 5.41) is 4.34. The van der Waals surface area contributed by atoms with Gasteiger partial charge in [0.25, 0.3) is 0 Å². The fourth-order valence-electron chi connectivity index (χ4n) is 1.94.